The number of carbonyl (C=O) groups is 2. The molecule has 5 nitrogen and oxygen atoms in total. The van der Waals surface area contributed by atoms with Crippen LogP contribution in [0.15, 0.2) is 36.4 Å². The maximum Gasteiger partial charge on any atom is 0.307 e. The molecule has 0 saturated heterocycles. The molecule has 0 heterocycles. The number of hydrogen-bond acceptors (Lipinski definition) is 3. The molecule has 0 radical (unpaired) electrons. The molecule has 8 heteroatoms. The summed E-state index contributed by atoms with van der Waals surface area (Å²) >= 11 is 13.4. The Morgan fingerprint density at radius 1 is 0.917 bits per heavy atom. The number of anilines is 1. The van der Waals surface area contributed by atoms with Crippen LogP contribution in [0.2, 0.25) is 10.0 Å². The number of carboxylic acids is 2. The normalized spacial score (nSPS) is 9.79. The van der Waals surface area contributed by atoms with Crippen LogP contribution >= 0.6 is 45.8 Å². The van der Waals surface area contributed by atoms with Crippen molar-refractivity contribution in [3.05, 3.63) is 61.1 Å². The Balaban J connectivity index is 0.000000240. The average Bonchev–Trinajstić information content (AvgIpc) is 2.46. The number of nitrogens with two attached hydrogens (primary N) is 1. The van der Waals surface area contributed by atoms with E-state index in [2.05, 4.69) is 22.6 Å². The number of aliphatic carboxylic acids is 2. The molecule has 2 aromatic rings. The van der Waals surface area contributed by atoms with Gasteiger partial charge in [-0.15, -0.1) is 0 Å². The van der Waals surface area contributed by atoms with Crippen LogP contribution in [0.25, 0.3) is 0 Å². The van der Waals surface area contributed by atoms with Crippen molar-refractivity contribution in [3.8, 4) is 0 Å². The molecule has 0 aliphatic carbocycles. The van der Waals surface area contributed by atoms with Crippen LogP contribution in [0.1, 0.15) is 11.1 Å². The Morgan fingerprint density at radius 3 is 1.92 bits per heavy atom. The van der Waals surface area contributed by atoms with Gasteiger partial charge in [-0.2, -0.15) is 0 Å². The first-order chi connectivity index (χ1) is 11.2. The summed E-state index contributed by atoms with van der Waals surface area (Å²) < 4.78 is 0.930. The highest BCUT2D eigenvalue weighted by atomic mass is 127. The SMILES string of the molecule is Nc1ccc(Cl)cc1CC(=O)O.O=C(O)Cc1cc(Cl)ccc1I. The first-order valence-electron chi connectivity index (χ1n) is 6.60. The van der Waals surface area contributed by atoms with Crippen LogP contribution in [0.5, 0.6) is 0 Å². The van der Waals surface area contributed by atoms with Gasteiger partial charge in [0.1, 0.15) is 0 Å². The minimum Gasteiger partial charge on any atom is -0.481 e. The van der Waals surface area contributed by atoms with Crippen molar-refractivity contribution in [1.82, 2.24) is 0 Å². The average molecular weight is 482 g/mol. The van der Waals surface area contributed by atoms with Crippen LogP contribution in [0.3, 0.4) is 0 Å². The van der Waals surface area contributed by atoms with Crippen molar-refractivity contribution in [2.24, 2.45) is 0 Å². The van der Waals surface area contributed by atoms with E-state index in [0.717, 1.165) is 9.13 Å². The molecule has 0 saturated carbocycles. The fraction of sp³-hybridized carbons (Fsp3) is 0.125. The molecule has 0 atom stereocenters. The summed E-state index contributed by atoms with van der Waals surface area (Å²) in [5.74, 6) is -1.75. The molecule has 128 valence electrons. The lowest BCUT2D eigenvalue weighted by Crippen LogP contribution is -2.03. The number of benzene rings is 2. The molecule has 0 aliphatic heterocycles. The summed E-state index contributed by atoms with van der Waals surface area (Å²) in [4.78, 5) is 20.7. The summed E-state index contributed by atoms with van der Waals surface area (Å²) in [6.45, 7) is 0. The van der Waals surface area contributed by atoms with E-state index in [4.69, 9.17) is 39.1 Å². The van der Waals surface area contributed by atoms with Gasteiger partial charge >= 0.3 is 11.9 Å². The third-order valence-electron chi connectivity index (χ3n) is 2.80. The van der Waals surface area contributed by atoms with Crippen molar-refractivity contribution in [2.75, 3.05) is 5.73 Å². The fourth-order valence-corrected chi connectivity index (χ4v) is 2.65. The molecule has 0 bridgehead atoms. The van der Waals surface area contributed by atoms with Gasteiger partial charge in [0, 0.05) is 19.3 Å². The van der Waals surface area contributed by atoms with Crippen molar-refractivity contribution >= 4 is 63.4 Å². The summed E-state index contributed by atoms with van der Waals surface area (Å²) in [7, 11) is 0. The molecule has 0 fully saturated rings. The van der Waals surface area contributed by atoms with E-state index in [1.54, 1.807) is 36.4 Å². The third kappa shape index (κ3) is 7.37. The highest BCUT2D eigenvalue weighted by molar-refractivity contribution is 14.1. The zero-order chi connectivity index (χ0) is 18.3. The van der Waals surface area contributed by atoms with Gasteiger partial charge in [0.25, 0.3) is 0 Å². The lowest BCUT2D eigenvalue weighted by atomic mass is 10.1. The quantitative estimate of drug-likeness (QED) is 0.450. The molecule has 24 heavy (non-hydrogen) atoms. The molecule has 4 N–H and O–H groups in total. The zero-order valence-electron chi connectivity index (χ0n) is 12.3. The lowest BCUT2D eigenvalue weighted by molar-refractivity contribution is -0.137. The molecule has 0 aliphatic rings. The second-order valence-corrected chi connectivity index (χ2v) is 6.75. The summed E-state index contributed by atoms with van der Waals surface area (Å²) in [6.07, 6.45) is -0.0643. The third-order valence-corrected chi connectivity index (χ3v) is 4.32. The van der Waals surface area contributed by atoms with E-state index in [1.807, 2.05) is 0 Å². The van der Waals surface area contributed by atoms with E-state index in [1.165, 1.54) is 0 Å². The second kappa shape index (κ2) is 9.71. The predicted octanol–water partition coefficient (Wildman–Crippen LogP) is 4.12. The van der Waals surface area contributed by atoms with Gasteiger partial charge in [0.05, 0.1) is 12.8 Å². The maximum absolute atomic E-state index is 10.4. The van der Waals surface area contributed by atoms with Crippen molar-refractivity contribution in [2.45, 2.75) is 12.8 Å². The van der Waals surface area contributed by atoms with Crippen LogP contribution < -0.4 is 5.73 Å². The summed E-state index contributed by atoms with van der Waals surface area (Å²) in [5, 5.41) is 18.1. The monoisotopic (exact) mass is 481 g/mol. The van der Waals surface area contributed by atoms with Gasteiger partial charge in [0.2, 0.25) is 0 Å². The Hall–Kier alpha value is -1.51. The van der Waals surface area contributed by atoms with Crippen LogP contribution in [-0.4, -0.2) is 22.2 Å². The predicted molar refractivity (Wildman–Crippen MR) is 103 cm³/mol. The van der Waals surface area contributed by atoms with E-state index >= 15 is 0 Å². The van der Waals surface area contributed by atoms with Gasteiger partial charge in [-0.25, -0.2) is 0 Å². The topological polar surface area (TPSA) is 101 Å². The number of carboxylic acid groups (broad SMARTS) is 2. The molecule has 0 spiro atoms. The number of halogens is 3. The molecule has 2 rings (SSSR count). The smallest absolute Gasteiger partial charge is 0.307 e. The summed E-state index contributed by atoms with van der Waals surface area (Å²) in [6, 6.07) is 10.0. The van der Waals surface area contributed by atoms with E-state index < -0.39 is 11.9 Å². The molecular formula is C16H14Cl2INO4. The molecule has 2 aromatic carbocycles. The van der Waals surface area contributed by atoms with Crippen LogP contribution in [-0.2, 0) is 22.4 Å². The van der Waals surface area contributed by atoms with Gasteiger partial charge < -0.3 is 15.9 Å². The highest BCUT2D eigenvalue weighted by Crippen LogP contribution is 2.19. The minimum absolute atomic E-state index is 0.0266. The first-order valence-corrected chi connectivity index (χ1v) is 8.44. The molecular weight excluding hydrogens is 468 g/mol. The van der Waals surface area contributed by atoms with Crippen molar-refractivity contribution in [3.63, 3.8) is 0 Å². The highest BCUT2D eigenvalue weighted by Gasteiger charge is 2.05. The largest absolute Gasteiger partial charge is 0.481 e. The number of rotatable bonds is 4. The van der Waals surface area contributed by atoms with Gasteiger partial charge in [-0.05, 0) is 70.1 Å². The van der Waals surface area contributed by atoms with Gasteiger partial charge in [0.15, 0.2) is 0 Å². The van der Waals surface area contributed by atoms with Crippen molar-refractivity contribution in [1.29, 1.82) is 0 Å². The molecule has 0 aromatic heterocycles. The van der Waals surface area contributed by atoms with Gasteiger partial charge in [-0.1, -0.05) is 23.2 Å². The number of hydrogen-bond donors (Lipinski definition) is 3. The zero-order valence-corrected chi connectivity index (χ0v) is 16.0. The van der Waals surface area contributed by atoms with Crippen molar-refractivity contribution < 1.29 is 19.8 Å². The van der Waals surface area contributed by atoms with E-state index in [-0.39, 0.29) is 12.8 Å². The second-order valence-electron chi connectivity index (χ2n) is 4.72. The molecule has 0 unspecified atom stereocenters. The Kier molecular flexibility index (Phi) is 8.30. The first kappa shape index (κ1) is 20.5. The van der Waals surface area contributed by atoms with Crippen LogP contribution in [0, 0.1) is 3.57 Å². The lowest BCUT2D eigenvalue weighted by Gasteiger charge is -2.02. The standard InChI is InChI=1S/C8H6ClIO2.C8H8ClNO2/c2*9-6-1-2-7(10)5(3-6)4-8(11)12/h1-3H,4H2,(H,11,12);1-3H,4,10H2,(H,11,12). The van der Waals surface area contributed by atoms with Gasteiger partial charge in [-0.3, -0.25) is 9.59 Å². The van der Waals surface area contributed by atoms with E-state index in [0.29, 0.717) is 21.3 Å². The summed E-state index contributed by atoms with van der Waals surface area (Å²) in [5.41, 5.74) is 7.29. The van der Waals surface area contributed by atoms with E-state index in [9.17, 15) is 9.59 Å². The minimum atomic E-state index is -0.913. The van der Waals surface area contributed by atoms with Crippen LogP contribution in [0.4, 0.5) is 5.69 Å². The maximum atomic E-state index is 10.4. The Labute approximate surface area is 162 Å². The molecule has 0 amide bonds. The Morgan fingerprint density at radius 2 is 1.38 bits per heavy atom. The fourth-order valence-electron chi connectivity index (χ4n) is 1.73. The Bertz CT molecular complexity index is 689. The number of nitrogen functional groups attached to an aromatic ring is 1.